The summed E-state index contributed by atoms with van der Waals surface area (Å²) in [6, 6.07) is 4.46. The summed E-state index contributed by atoms with van der Waals surface area (Å²) >= 11 is 0. The number of allylic oxidation sites excluding steroid dienone is 2. The molecule has 0 fully saturated rings. The molecule has 0 amide bonds. The van der Waals surface area contributed by atoms with E-state index in [-0.39, 0.29) is 22.5 Å². The Morgan fingerprint density at radius 3 is 2.43 bits per heavy atom. The lowest BCUT2D eigenvalue weighted by Crippen LogP contribution is -2.49. The van der Waals surface area contributed by atoms with Crippen molar-refractivity contribution in [1.29, 1.82) is 0 Å². The highest BCUT2D eigenvalue weighted by atomic mass is 19.2. The molecule has 23 heavy (non-hydrogen) atoms. The summed E-state index contributed by atoms with van der Waals surface area (Å²) in [7, 11) is 0. The Balaban J connectivity index is 2.06. The fourth-order valence-corrected chi connectivity index (χ4v) is 3.01. The van der Waals surface area contributed by atoms with Crippen molar-refractivity contribution in [3.8, 4) is 0 Å². The summed E-state index contributed by atoms with van der Waals surface area (Å²) < 4.78 is 70.9. The van der Waals surface area contributed by atoms with E-state index in [1.807, 2.05) is 0 Å². The van der Waals surface area contributed by atoms with Gasteiger partial charge in [-0.1, -0.05) is 0 Å². The molecule has 0 N–H and O–H groups in total. The number of hydrogen-bond donors (Lipinski definition) is 0. The van der Waals surface area contributed by atoms with Crippen molar-refractivity contribution >= 4 is 18.8 Å². The van der Waals surface area contributed by atoms with Crippen LogP contribution in [0, 0.1) is 17.5 Å². The van der Waals surface area contributed by atoms with Crippen molar-refractivity contribution in [2.24, 2.45) is 0 Å². The van der Waals surface area contributed by atoms with E-state index in [0.717, 1.165) is 21.1 Å². The predicted octanol–water partition coefficient (Wildman–Crippen LogP) is 3.55. The number of benzene rings is 1. The molecule has 0 saturated carbocycles. The molecule has 0 saturated heterocycles. The number of rotatable bonds is 1. The first-order valence-corrected chi connectivity index (χ1v) is 6.80. The largest absolute Gasteiger partial charge is 0.737 e. The second kappa shape index (κ2) is 4.44. The SMILES string of the molecule is Fc1cc(C2=C3C=CC=[N+]3[B-](F)(F)n3cccc32)cc(F)c1F. The van der Waals surface area contributed by atoms with Crippen LogP contribution in [0.1, 0.15) is 11.3 Å². The van der Waals surface area contributed by atoms with E-state index in [4.69, 9.17) is 0 Å². The second-order valence-electron chi connectivity index (χ2n) is 5.32. The van der Waals surface area contributed by atoms with E-state index in [1.54, 1.807) is 0 Å². The standard InChI is InChI=1S/C15H8BF5N2/c17-10-7-9(8-11(18)15(10)19)14-12-3-1-5-22(12)16(20,21)23-6-2-4-13(14)23/h1-8H. The molecule has 2 aliphatic heterocycles. The van der Waals surface area contributed by atoms with E-state index in [2.05, 4.69) is 0 Å². The molecule has 1 aromatic carbocycles. The Kier molecular flexibility index (Phi) is 2.70. The summed E-state index contributed by atoms with van der Waals surface area (Å²) in [5.41, 5.74) is 0.441. The van der Waals surface area contributed by atoms with E-state index < -0.39 is 24.4 Å². The Bertz CT molecular complexity index is 916. The second-order valence-corrected chi connectivity index (χ2v) is 5.32. The minimum absolute atomic E-state index is 0.00685. The van der Waals surface area contributed by atoms with Crippen LogP contribution in [0.25, 0.3) is 5.57 Å². The van der Waals surface area contributed by atoms with Gasteiger partial charge in [0.05, 0.1) is 5.57 Å². The maximum absolute atomic E-state index is 14.5. The van der Waals surface area contributed by atoms with Crippen LogP contribution in [-0.2, 0) is 0 Å². The normalized spacial score (nSPS) is 18.0. The summed E-state index contributed by atoms with van der Waals surface area (Å²) in [4.78, 5) is 0. The molecule has 0 atom stereocenters. The topological polar surface area (TPSA) is 7.94 Å². The van der Waals surface area contributed by atoms with Crippen LogP contribution in [0.3, 0.4) is 0 Å². The van der Waals surface area contributed by atoms with Crippen molar-refractivity contribution < 1.29 is 26.3 Å². The van der Waals surface area contributed by atoms with E-state index in [1.165, 1.54) is 36.7 Å². The maximum Gasteiger partial charge on any atom is 0.737 e. The van der Waals surface area contributed by atoms with Crippen LogP contribution in [0.5, 0.6) is 0 Å². The first-order valence-electron chi connectivity index (χ1n) is 6.80. The summed E-state index contributed by atoms with van der Waals surface area (Å²) in [5.74, 6) is -4.33. The third-order valence-corrected chi connectivity index (χ3v) is 4.01. The molecule has 8 heteroatoms. The highest BCUT2D eigenvalue weighted by Gasteiger charge is 2.51. The van der Waals surface area contributed by atoms with Gasteiger partial charge in [-0.3, -0.25) is 0 Å². The number of nitrogens with zero attached hydrogens (tertiary/aromatic N) is 2. The summed E-state index contributed by atoms with van der Waals surface area (Å²) in [6.07, 6.45) is 5.26. The Labute approximate surface area is 127 Å². The Hall–Kier alpha value is -2.64. The summed E-state index contributed by atoms with van der Waals surface area (Å²) in [6.45, 7) is -4.09. The van der Waals surface area contributed by atoms with Gasteiger partial charge in [0, 0.05) is 17.8 Å². The van der Waals surface area contributed by atoms with Gasteiger partial charge in [-0.05, 0) is 36.0 Å². The van der Waals surface area contributed by atoms with Gasteiger partial charge in [0.1, 0.15) is 6.21 Å². The smallest absolute Gasteiger partial charge is 0.396 e. The molecule has 0 unspecified atom stereocenters. The van der Waals surface area contributed by atoms with Gasteiger partial charge in [-0.25, -0.2) is 13.2 Å². The molecule has 3 heterocycles. The van der Waals surface area contributed by atoms with Gasteiger partial charge in [0.15, 0.2) is 23.1 Å². The minimum atomic E-state index is -4.09. The predicted molar refractivity (Wildman–Crippen MR) is 75.6 cm³/mol. The molecule has 2 aliphatic rings. The van der Waals surface area contributed by atoms with Crippen LogP contribution in [0.15, 0.2) is 48.3 Å². The zero-order valence-electron chi connectivity index (χ0n) is 11.5. The van der Waals surface area contributed by atoms with Crippen molar-refractivity contribution in [1.82, 2.24) is 4.48 Å². The van der Waals surface area contributed by atoms with Gasteiger partial charge >= 0.3 is 6.97 Å². The first kappa shape index (κ1) is 14.0. The van der Waals surface area contributed by atoms with Crippen molar-refractivity contribution in [3.05, 3.63) is 77.0 Å². The fraction of sp³-hybridized carbons (Fsp3) is 0. The third kappa shape index (κ3) is 1.77. The molecule has 0 spiro atoms. The van der Waals surface area contributed by atoms with Crippen LogP contribution in [0.2, 0.25) is 0 Å². The lowest BCUT2D eigenvalue weighted by molar-refractivity contribution is -0.356. The molecule has 0 bridgehead atoms. The first-order chi connectivity index (χ1) is 10.9. The average molecular weight is 322 g/mol. The fourth-order valence-electron chi connectivity index (χ4n) is 3.01. The van der Waals surface area contributed by atoms with Gasteiger partial charge < -0.3 is 17.6 Å². The molecular weight excluding hydrogens is 314 g/mol. The van der Waals surface area contributed by atoms with Gasteiger partial charge in [0.2, 0.25) is 0 Å². The molecule has 0 radical (unpaired) electrons. The lowest BCUT2D eigenvalue weighted by atomic mass is 9.86. The van der Waals surface area contributed by atoms with Crippen molar-refractivity contribution in [2.75, 3.05) is 0 Å². The van der Waals surface area contributed by atoms with Gasteiger partial charge in [-0.15, -0.1) is 0 Å². The zero-order chi connectivity index (χ0) is 16.4. The number of halogens is 5. The lowest BCUT2D eigenvalue weighted by Gasteiger charge is -2.30. The quantitative estimate of drug-likeness (QED) is 0.431. The Morgan fingerprint density at radius 2 is 1.74 bits per heavy atom. The van der Waals surface area contributed by atoms with E-state index >= 15 is 0 Å². The van der Waals surface area contributed by atoms with E-state index in [0.29, 0.717) is 0 Å². The molecular formula is C15H8BF5N2. The van der Waals surface area contributed by atoms with E-state index in [9.17, 15) is 21.8 Å². The molecule has 0 aliphatic carbocycles. The molecule has 2 nitrogen and oxygen atoms in total. The molecule has 4 rings (SSSR count). The molecule has 2 aromatic rings. The average Bonchev–Trinajstić information content (AvgIpc) is 3.14. The van der Waals surface area contributed by atoms with Crippen LogP contribution in [0.4, 0.5) is 21.8 Å². The third-order valence-electron chi connectivity index (χ3n) is 4.01. The summed E-state index contributed by atoms with van der Waals surface area (Å²) in [5, 5.41) is 0. The number of hydrogen-bond acceptors (Lipinski definition) is 0. The highest BCUT2D eigenvalue weighted by Crippen LogP contribution is 2.38. The molecule has 116 valence electrons. The van der Waals surface area contributed by atoms with Crippen LogP contribution >= 0.6 is 0 Å². The van der Waals surface area contributed by atoms with Crippen molar-refractivity contribution in [3.63, 3.8) is 0 Å². The van der Waals surface area contributed by atoms with Crippen molar-refractivity contribution in [2.45, 2.75) is 0 Å². The number of fused-ring (bicyclic) bond motifs is 2. The zero-order valence-corrected chi connectivity index (χ0v) is 11.5. The number of aromatic nitrogens is 1. The monoisotopic (exact) mass is 322 g/mol. The minimum Gasteiger partial charge on any atom is -0.396 e. The maximum atomic E-state index is 14.5. The Morgan fingerprint density at radius 1 is 1.04 bits per heavy atom. The van der Waals surface area contributed by atoms with Crippen LogP contribution < -0.4 is 0 Å². The highest BCUT2D eigenvalue weighted by molar-refractivity contribution is 6.57. The van der Waals surface area contributed by atoms with Gasteiger partial charge in [0.25, 0.3) is 0 Å². The van der Waals surface area contributed by atoms with Gasteiger partial charge in [-0.2, -0.15) is 0 Å². The molecule has 1 aromatic heterocycles. The van der Waals surface area contributed by atoms with Crippen LogP contribution in [-0.4, -0.2) is 22.1 Å².